The first kappa shape index (κ1) is 24.6. The van der Waals surface area contributed by atoms with E-state index in [9.17, 15) is 21.8 Å². The number of fused-ring (bicyclic) bond motifs is 1. The van der Waals surface area contributed by atoms with E-state index in [1.165, 1.54) is 38.9 Å². The van der Waals surface area contributed by atoms with E-state index in [0.717, 1.165) is 22.8 Å². The van der Waals surface area contributed by atoms with Crippen LogP contribution in [0, 0.1) is 5.82 Å². The molecule has 0 aliphatic heterocycles. The van der Waals surface area contributed by atoms with Crippen molar-refractivity contribution in [1.29, 1.82) is 0 Å². The van der Waals surface area contributed by atoms with Gasteiger partial charge in [-0.15, -0.1) is 0 Å². The third kappa shape index (κ3) is 4.72. The molecule has 0 amide bonds. The number of nitrogens with one attached hydrogen (secondary N) is 1. The van der Waals surface area contributed by atoms with Crippen molar-refractivity contribution in [2.75, 3.05) is 18.1 Å². The summed E-state index contributed by atoms with van der Waals surface area (Å²) in [6.45, 7) is 0. The fourth-order valence-corrected chi connectivity index (χ4v) is 4.98. The van der Waals surface area contributed by atoms with Crippen molar-refractivity contribution < 1.29 is 21.8 Å². The van der Waals surface area contributed by atoms with E-state index in [0.29, 0.717) is 0 Å². The molecule has 4 aromatic rings. The van der Waals surface area contributed by atoms with Gasteiger partial charge in [0, 0.05) is 30.8 Å². The molecule has 1 N–H and O–H groups in total. The third-order valence-electron chi connectivity index (χ3n) is 4.78. The minimum atomic E-state index is -4.25. The predicted octanol–water partition coefficient (Wildman–Crippen LogP) is 2.12. The number of pyridine rings is 1. The molecule has 0 fully saturated rings. The number of ether oxygens (including phenoxy) is 1. The molecule has 0 spiro atoms. The summed E-state index contributed by atoms with van der Waals surface area (Å²) >= 11 is 5.88. The number of aromatic nitrogens is 5. The number of hydrogen-bond donors (Lipinski definition) is 1. The minimum Gasteiger partial charge on any atom is -0.480 e. The van der Waals surface area contributed by atoms with E-state index in [4.69, 9.17) is 16.3 Å². The van der Waals surface area contributed by atoms with Gasteiger partial charge in [0.05, 0.1) is 29.1 Å². The molecule has 3 heterocycles. The number of aryl methyl sites for hydroxylation is 1. The molecular formula is C20H16ClFN6O5S2. The number of benzene rings is 1. The molecule has 0 saturated heterocycles. The van der Waals surface area contributed by atoms with Crippen LogP contribution < -0.4 is 15.0 Å². The van der Waals surface area contributed by atoms with E-state index >= 15 is 0 Å². The lowest BCUT2D eigenvalue weighted by atomic mass is 10.1. The standard InChI is InChI=1S/C20H16ClFN6O5S2/c1-28-17-14(9-24-20(26-17)34(3)30)25-16(19(28)29)12-7-11(4-5-13(12)22)27-35(31,32)15-6-10(21)8-23-18(15)33-2/h4-9,27H,1-3H3. The van der Waals surface area contributed by atoms with E-state index in [1.807, 2.05) is 0 Å². The highest BCUT2D eigenvalue weighted by Crippen LogP contribution is 2.29. The van der Waals surface area contributed by atoms with Gasteiger partial charge >= 0.3 is 0 Å². The molecule has 182 valence electrons. The lowest BCUT2D eigenvalue weighted by Crippen LogP contribution is -2.22. The SMILES string of the molecule is COc1ncc(Cl)cc1S(=O)(=O)Nc1ccc(F)c(-c2nc3cnc(S(C)=O)nc3n(C)c2=O)c1. The first-order valence-electron chi connectivity index (χ1n) is 9.61. The Kier molecular flexibility index (Phi) is 6.53. The molecular weight excluding hydrogens is 523 g/mol. The average molecular weight is 539 g/mol. The molecule has 11 nitrogen and oxygen atoms in total. The van der Waals surface area contributed by atoms with E-state index < -0.39 is 32.2 Å². The van der Waals surface area contributed by atoms with Crippen molar-refractivity contribution in [2.45, 2.75) is 10.1 Å². The number of rotatable bonds is 6. The van der Waals surface area contributed by atoms with Gasteiger partial charge in [0.15, 0.2) is 10.5 Å². The Bertz CT molecular complexity index is 1680. The fourth-order valence-electron chi connectivity index (χ4n) is 3.15. The van der Waals surface area contributed by atoms with Crippen molar-refractivity contribution >= 4 is 49.3 Å². The summed E-state index contributed by atoms with van der Waals surface area (Å²) < 4.78 is 60.8. The van der Waals surface area contributed by atoms with Crippen molar-refractivity contribution in [3.05, 3.63) is 57.9 Å². The maximum Gasteiger partial charge on any atom is 0.278 e. The summed E-state index contributed by atoms with van der Waals surface area (Å²) in [6, 6.07) is 4.45. The van der Waals surface area contributed by atoms with Crippen LogP contribution in [0.5, 0.6) is 5.88 Å². The van der Waals surface area contributed by atoms with Crippen molar-refractivity contribution in [3.8, 4) is 17.1 Å². The number of hydrogen-bond acceptors (Lipinski definition) is 9. The Morgan fingerprint density at radius 1 is 1.17 bits per heavy atom. The van der Waals surface area contributed by atoms with Crippen molar-refractivity contribution in [2.24, 2.45) is 7.05 Å². The van der Waals surface area contributed by atoms with E-state index in [-0.39, 0.29) is 49.1 Å². The second-order valence-electron chi connectivity index (χ2n) is 7.10. The second-order valence-corrected chi connectivity index (χ2v) is 10.5. The molecule has 15 heteroatoms. The number of nitrogens with zero attached hydrogens (tertiary/aromatic N) is 5. The fraction of sp³-hybridized carbons (Fsp3) is 0.150. The Hall–Kier alpha value is -3.49. The largest absolute Gasteiger partial charge is 0.480 e. The molecule has 0 aliphatic carbocycles. The highest BCUT2D eigenvalue weighted by Gasteiger charge is 2.23. The lowest BCUT2D eigenvalue weighted by Gasteiger charge is -2.13. The summed E-state index contributed by atoms with van der Waals surface area (Å²) in [4.78, 5) is 28.7. The topological polar surface area (TPSA) is 146 Å². The van der Waals surface area contributed by atoms with Crippen LogP contribution in [0.25, 0.3) is 22.4 Å². The average Bonchev–Trinajstić information content (AvgIpc) is 2.82. The zero-order valence-corrected chi connectivity index (χ0v) is 20.7. The van der Waals surface area contributed by atoms with Gasteiger partial charge in [-0.05, 0) is 24.3 Å². The molecule has 4 rings (SSSR count). The predicted molar refractivity (Wildman–Crippen MR) is 127 cm³/mol. The molecule has 1 aromatic carbocycles. The number of anilines is 1. The molecule has 0 saturated carbocycles. The van der Waals surface area contributed by atoms with Crippen molar-refractivity contribution in [3.63, 3.8) is 0 Å². The lowest BCUT2D eigenvalue weighted by molar-refractivity contribution is 0.385. The second kappa shape index (κ2) is 9.28. The van der Waals surface area contributed by atoms with Gasteiger partial charge < -0.3 is 4.74 Å². The van der Waals surface area contributed by atoms with Gasteiger partial charge in [0.2, 0.25) is 11.0 Å². The maximum atomic E-state index is 14.8. The number of halogens is 2. The van der Waals surface area contributed by atoms with E-state index in [1.54, 1.807) is 0 Å². The molecule has 0 bridgehead atoms. The molecule has 3 aromatic heterocycles. The molecule has 1 atom stereocenters. The quantitative estimate of drug-likeness (QED) is 0.365. The Morgan fingerprint density at radius 2 is 1.91 bits per heavy atom. The summed E-state index contributed by atoms with van der Waals surface area (Å²) in [7, 11) is -3.10. The first-order chi connectivity index (χ1) is 16.5. The van der Waals surface area contributed by atoms with Gasteiger partial charge in [0.1, 0.15) is 17.0 Å². The molecule has 0 radical (unpaired) electrons. The van der Waals surface area contributed by atoms with Crippen molar-refractivity contribution in [1.82, 2.24) is 24.5 Å². The van der Waals surface area contributed by atoms with Crippen LogP contribution in [0.1, 0.15) is 0 Å². The van der Waals surface area contributed by atoms with Gasteiger partial charge in [-0.3, -0.25) is 18.3 Å². The van der Waals surface area contributed by atoms with Gasteiger partial charge in [-0.25, -0.2) is 32.7 Å². The highest BCUT2D eigenvalue weighted by atomic mass is 35.5. The molecule has 35 heavy (non-hydrogen) atoms. The third-order valence-corrected chi connectivity index (χ3v) is 7.08. The summed E-state index contributed by atoms with van der Waals surface area (Å²) in [5, 5.41) is 0.0719. The Balaban J connectivity index is 1.81. The zero-order valence-electron chi connectivity index (χ0n) is 18.3. The van der Waals surface area contributed by atoms with Crippen LogP contribution in [0.4, 0.5) is 10.1 Å². The Morgan fingerprint density at radius 3 is 2.60 bits per heavy atom. The van der Waals surface area contributed by atoms with Gasteiger partial charge in [-0.2, -0.15) is 0 Å². The van der Waals surface area contributed by atoms with Crippen LogP contribution in [0.15, 0.2) is 51.5 Å². The monoisotopic (exact) mass is 538 g/mol. The normalized spacial score (nSPS) is 12.5. The summed E-state index contributed by atoms with van der Waals surface area (Å²) in [5.74, 6) is -1.01. The minimum absolute atomic E-state index is 0.00979. The van der Waals surface area contributed by atoms with Crippen LogP contribution in [0.3, 0.4) is 0 Å². The van der Waals surface area contributed by atoms with Crippen LogP contribution in [0.2, 0.25) is 5.02 Å². The summed E-state index contributed by atoms with van der Waals surface area (Å²) in [6.07, 6.45) is 3.88. The molecule has 1 unspecified atom stereocenters. The Labute approximate surface area is 205 Å². The van der Waals surface area contributed by atoms with Gasteiger partial charge in [-0.1, -0.05) is 11.6 Å². The molecule has 0 aliphatic rings. The van der Waals surface area contributed by atoms with Crippen LogP contribution in [-0.4, -0.2) is 50.5 Å². The number of methoxy groups -OCH3 is 1. The summed E-state index contributed by atoms with van der Waals surface area (Å²) in [5.41, 5.74) is -1.06. The number of sulfonamides is 1. The maximum absolute atomic E-state index is 14.8. The first-order valence-corrected chi connectivity index (χ1v) is 13.0. The van der Waals surface area contributed by atoms with Crippen LogP contribution >= 0.6 is 11.6 Å². The van der Waals surface area contributed by atoms with Crippen LogP contribution in [-0.2, 0) is 27.9 Å². The zero-order chi connectivity index (χ0) is 25.5. The van der Waals surface area contributed by atoms with E-state index in [2.05, 4.69) is 24.7 Å². The van der Waals surface area contributed by atoms with Gasteiger partial charge in [0.25, 0.3) is 15.6 Å². The highest BCUT2D eigenvalue weighted by molar-refractivity contribution is 7.92. The smallest absolute Gasteiger partial charge is 0.278 e.